The number of nitrogens with zero attached hydrogens (tertiary/aromatic N) is 2. The van der Waals surface area contributed by atoms with Crippen LogP contribution in [0.25, 0.3) is 11.1 Å². The zero-order valence-corrected chi connectivity index (χ0v) is 16.1. The van der Waals surface area contributed by atoms with Crippen molar-refractivity contribution >= 4 is 11.9 Å². The molecule has 7 nitrogen and oxygen atoms in total. The van der Waals surface area contributed by atoms with E-state index in [2.05, 4.69) is 10.2 Å². The lowest BCUT2D eigenvalue weighted by molar-refractivity contribution is -0.138. The number of carboxylic acids is 1. The van der Waals surface area contributed by atoms with Crippen LogP contribution in [0.2, 0.25) is 0 Å². The lowest BCUT2D eigenvalue weighted by atomic mass is 9.97. The highest BCUT2D eigenvalue weighted by atomic mass is 16.5. The van der Waals surface area contributed by atoms with Crippen LogP contribution in [0.1, 0.15) is 46.9 Å². The summed E-state index contributed by atoms with van der Waals surface area (Å²) in [5, 5.41) is 16.2. The lowest BCUT2D eigenvalue weighted by Gasteiger charge is -2.31. The van der Waals surface area contributed by atoms with Crippen molar-refractivity contribution in [1.82, 2.24) is 15.1 Å². The molecule has 0 aliphatic carbocycles. The Kier molecular flexibility index (Phi) is 4.80. The zero-order valence-electron chi connectivity index (χ0n) is 16.1. The minimum atomic E-state index is -0.947. The molecule has 0 unspecified atom stereocenters. The lowest BCUT2D eigenvalue weighted by Crippen LogP contribution is -2.32. The van der Waals surface area contributed by atoms with Crippen molar-refractivity contribution in [1.29, 1.82) is 0 Å². The predicted molar refractivity (Wildman–Crippen MR) is 107 cm³/mol. The van der Waals surface area contributed by atoms with Gasteiger partial charge in [0.15, 0.2) is 0 Å². The first kappa shape index (κ1) is 18.7. The third kappa shape index (κ3) is 3.35. The number of methoxy groups -OCH3 is 1. The number of amides is 1. The SMILES string of the molecule is COc1cccc([C@@H](C)N2C(=O)c3cc(-c4cn[nH]c4)ccc3[C@@H]2CC(=O)O)c1. The maximum atomic E-state index is 13.4. The van der Waals surface area contributed by atoms with Crippen LogP contribution in [0.5, 0.6) is 5.75 Å². The second kappa shape index (κ2) is 7.43. The van der Waals surface area contributed by atoms with Crippen LogP contribution in [0.4, 0.5) is 0 Å². The van der Waals surface area contributed by atoms with E-state index in [1.807, 2.05) is 49.4 Å². The van der Waals surface area contributed by atoms with Crippen molar-refractivity contribution in [3.8, 4) is 16.9 Å². The maximum absolute atomic E-state index is 13.4. The summed E-state index contributed by atoms with van der Waals surface area (Å²) in [5.41, 5.74) is 3.88. The number of H-pyrrole nitrogens is 1. The summed E-state index contributed by atoms with van der Waals surface area (Å²) < 4.78 is 5.30. The van der Waals surface area contributed by atoms with Gasteiger partial charge in [0.05, 0.1) is 31.8 Å². The molecule has 2 atom stereocenters. The van der Waals surface area contributed by atoms with E-state index < -0.39 is 12.0 Å². The van der Waals surface area contributed by atoms with Crippen LogP contribution in [0.15, 0.2) is 54.9 Å². The fourth-order valence-electron chi connectivity index (χ4n) is 3.93. The Hall–Kier alpha value is -3.61. The fourth-order valence-corrected chi connectivity index (χ4v) is 3.93. The van der Waals surface area contributed by atoms with Gasteiger partial charge in [0.1, 0.15) is 5.75 Å². The number of aliphatic carboxylic acids is 1. The topological polar surface area (TPSA) is 95.5 Å². The average molecular weight is 391 g/mol. The minimum Gasteiger partial charge on any atom is -0.497 e. The van der Waals surface area contributed by atoms with Gasteiger partial charge >= 0.3 is 5.97 Å². The van der Waals surface area contributed by atoms with E-state index in [0.717, 1.165) is 22.3 Å². The largest absolute Gasteiger partial charge is 0.497 e. The number of aromatic nitrogens is 2. The Bertz CT molecular complexity index is 1060. The van der Waals surface area contributed by atoms with Crippen molar-refractivity contribution in [3.05, 3.63) is 71.5 Å². The van der Waals surface area contributed by atoms with Crippen LogP contribution >= 0.6 is 0 Å². The van der Waals surface area contributed by atoms with Crippen molar-refractivity contribution in [2.75, 3.05) is 7.11 Å². The fraction of sp³-hybridized carbons (Fsp3) is 0.227. The molecule has 29 heavy (non-hydrogen) atoms. The monoisotopic (exact) mass is 391 g/mol. The number of rotatable bonds is 6. The molecule has 2 heterocycles. The molecule has 0 spiro atoms. The molecule has 0 saturated heterocycles. The van der Waals surface area contributed by atoms with Crippen molar-refractivity contribution in [3.63, 3.8) is 0 Å². The molecule has 0 bridgehead atoms. The van der Waals surface area contributed by atoms with Crippen LogP contribution in [-0.2, 0) is 4.79 Å². The zero-order chi connectivity index (χ0) is 20.5. The second-order valence-corrected chi connectivity index (χ2v) is 7.07. The highest BCUT2D eigenvalue weighted by Gasteiger charge is 2.41. The van der Waals surface area contributed by atoms with Gasteiger partial charge in [-0.25, -0.2) is 0 Å². The van der Waals surface area contributed by atoms with Crippen LogP contribution < -0.4 is 4.74 Å². The standard InChI is InChI=1S/C22H21N3O4/c1-13(14-4-3-5-17(8-14)29-2)25-20(10-21(26)27)18-7-6-15(9-19(18)22(25)28)16-11-23-24-12-16/h3-9,11-13,20H,10H2,1-2H3,(H,23,24)(H,26,27)/t13-,20+/m1/s1. The third-order valence-corrected chi connectivity index (χ3v) is 5.41. The number of hydrogen-bond donors (Lipinski definition) is 2. The third-order valence-electron chi connectivity index (χ3n) is 5.41. The molecule has 3 aromatic rings. The van der Waals surface area contributed by atoms with E-state index in [4.69, 9.17) is 4.74 Å². The molecule has 0 fully saturated rings. The van der Waals surface area contributed by atoms with Gasteiger partial charge in [0, 0.05) is 17.3 Å². The van der Waals surface area contributed by atoms with E-state index in [0.29, 0.717) is 11.3 Å². The molecule has 1 aromatic heterocycles. The van der Waals surface area contributed by atoms with E-state index in [9.17, 15) is 14.7 Å². The van der Waals surface area contributed by atoms with Gasteiger partial charge in [0.25, 0.3) is 5.91 Å². The van der Waals surface area contributed by atoms with E-state index in [1.54, 1.807) is 24.4 Å². The normalized spacial score (nSPS) is 16.6. The van der Waals surface area contributed by atoms with Gasteiger partial charge in [-0.15, -0.1) is 0 Å². The minimum absolute atomic E-state index is 0.155. The van der Waals surface area contributed by atoms with E-state index in [1.165, 1.54) is 0 Å². The molecule has 1 amide bonds. The number of carbonyl (C=O) groups is 2. The molecule has 148 valence electrons. The Morgan fingerprint density at radius 2 is 2.10 bits per heavy atom. The van der Waals surface area contributed by atoms with Gasteiger partial charge in [-0.2, -0.15) is 5.10 Å². The quantitative estimate of drug-likeness (QED) is 0.666. The Labute approximate surface area is 167 Å². The summed E-state index contributed by atoms with van der Waals surface area (Å²) >= 11 is 0. The highest BCUT2D eigenvalue weighted by Crippen LogP contribution is 2.43. The summed E-state index contributed by atoms with van der Waals surface area (Å²) in [6.07, 6.45) is 3.29. The number of fused-ring (bicyclic) bond motifs is 1. The van der Waals surface area contributed by atoms with Crippen LogP contribution in [0, 0.1) is 0 Å². The molecule has 7 heteroatoms. The Balaban J connectivity index is 1.76. The molecule has 1 aliphatic heterocycles. The number of benzene rings is 2. The summed E-state index contributed by atoms with van der Waals surface area (Å²) in [7, 11) is 1.59. The van der Waals surface area contributed by atoms with Gasteiger partial charge in [-0.3, -0.25) is 14.7 Å². The van der Waals surface area contributed by atoms with Crippen molar-refractivity contribution in [2.24, 2.45) is 0 Å². The Morgan fingerprint density at radius 1 is 1.28 bits per heavy atom. The number of nitrogens with one attached hydrogen (secondary N) is 1. The van der Waals surface area contributed by atoms with Crippen LogP contribution in [-0.4, -0.2) is 39.2 Å². The molecule has 0 saturated carbocycles. The van der Waals surface area contributed by atoms with Gasteiger partial charge in [-0.1, -0.05) is 24.3 Å². The number of ether oxygens (including phenoxy) is 1. The number of carboxylic acid groups (broad SMARTS) is 1. The molecule has 1 aliphatic rings. The first-order chi connectivity index (χ1) is 14.0. The molecular formula is C22H21N3O4. The Morgan fingerprint density at radius 3 is 2.79 bits per heavy atom. The first-order valence-corrected chi connectivity index (χ1v) is 9.31. The number of aromatic amines is 1. The summed E-state index contributed by atoms with van der Waals surface area (Å²) in [4.78, 5) is 26.6. The molecule has 2 N–H and O–H groups in total. The second-order valence-electron chi connectivity index (χ2n) is 7.07. The number of carbonyl (C=O) groups excluding carboxylic acids is 1. The van der Waals surface area contributed by atoms with Crippen molar-refractivity contribution < 1.29 is 19.4 Å². The predicted octanol–water partition coefficient (Wildman–Crippen LogP) is 3.82. The van der Waals surface area contributed by atoms with Crippen molar-refractivity contribution in [2.45, 2.75) is 25.4 Å². The van der Waals surface area contributed by atoms with E-state index in [-0.39, 0.29) is 18.4 Å². The highest BCUT2D eigenvalue weighted by molar-refractivity contribution is 6.01. The van der Waals surface area contributed by atoms with Gasteiger partial charge < -0.3 is 14.7 Å². The summed E-state index contributed by atoms with van der Waals surface area (Å²) in [5.74, 6) is -0.431. The summed E-state index contributed by atoms with van der Waals surface area (Å²) in [6.45, 7) is 1.91. The van der Waals surface area contributed by atoms with Gasteiger partial charge in [-0.05, 0) is 41.8 Å². The molecule has 2 aromatic carbocycles. The van der Waals surface area contributed by atoms with Gasteiger partial charge in [0.2, 0.25) is 0 Å². The van der Waals surface area contributed by atoms with Crippen LogP contribution in [0.3, 0.4) is 0 Å². The average Bonchev–Trinajstić information content (AvgIpc) is 3.35. The maximum Gasteiger partial charge on any atom is 0.305 e. The molecular weight excluding hydrogens is 370 g/mol. The smallest absolute Gasteiger partial charge is 0.305 e. The number of hydrogen-bond acceptors (Lipinski definition) is 4. The molecule has 4 rings (SSSR count). The molecule has 0 radical (unpaired) electrons. The first-order valence-electron chi connectivity index (χ1n) is 9.31. The summed E-state index contributed by atoms with van der Waals surface area (Å²) in [6, 6.07) is 12.2. The van der Waals surface area contributed by atoms with E-state index >= 15 is 0 Å².